The molecule has 0 bridgehead atoms. The number of nitriles is 1. The molecule has 1 amide bonds. The lowest BCUT2D eigenvalue weighted by Gasteiger charge is -2.31. The van der Waals surface area contributed by atoms with Crippen molar-refractivity contribution in [3.05, 3.63) is 0 Å². The van der Waals surface area contributed by atoms with Crippen molar-refractivity contribution < 1.29 is 4.79 Å². The number of thioether (sulfide) groups is 1. The minimum Gasteiger partial charge on any atom is -0.355 e. The van der Waals surface area contributed by atoms with E-state index in [0.29, 0.717) is 11.0 Å². The Hall–Kier alpha value is -0.690. The highest BCUT2D eigenvalue weighted by Crippen LogP contribution is 2.37. The zero-order valence-electron chi connectivity index (χ0n) is 11.4. The van der Waals surface area contributed by atoms with Gasteiger partial charge >= 0.3 is 0 Å². The van der Waals surface area contributed by atoms with Crippen LogP contribution >= 0.6 is 11.8 Å². The van der Waals surface area contributed by atoms with Crippen LogP contribution in [0.15, 0.2) is 0 Å². The summed E-state index contributed by atoms with van der Waals surface area (Å²) < 4.78 is 0. The molecule has 18 heavy (non-hydrogen) atoms. The van der Waals surface area contributed by atoms with Gasteiger partial charge in [-0.1, -0.05) is 20.3 Å². The third-order valence-electron chi connectivity index (χ3n) is 3.64. The van der Waals surface area contributed by atoms with E-state index >= 15 is 0 Å². The second kappa shape index (κ2) is 8.42. The predicted octanol–water partition coefficient (Wildman–Crippen LogP) is 2.96. The van der Waals surface area contributed by atoms with Crippen LogP contribution in [0, 0.1) is 23.2 Å². The maximum absolute atomic E-state index is 11.6. The summed E-state index contributed by atoms with van der Waals surface area (Å²) in [5.41, 5.74) is 0. The number of rotatable bonds is 6. The van der Waals surface area contributed by atoms with E-state index in [9.17, 15) is 4.79 Å². The Morgan fingerprint density at radius 1 is 1.44 bits per heavy atom. The van der Waals surface area contributed by atoms with Crippen LogP contribution < -0.4 is 5.32 Å². The van der Waals surface area contributed by atoms with Crippen molar-refractivity contribution in [1.29, 1.82) is 5.26 Å². The van der Waals surface area contributed by atoms with Gasteiger partial charge in [0.2, 0.25) is 5.91 Å². The van der Waals surface area contributed by atoms with Crippen LogP contribution in [-0.2, 0) is 4.79 Å². The lowest BCUT2D eigenvalue weighted by atomic mass is 9.81. The van der Waals surface area contributed by atoms with E-state index < -0.39 is 0 Å². The van der Waals surface area contributed by atoms with Gasteiger partial charge < -0.3 is 5.32 Å². The molecule has 0 saturated heterocycles. The smallest absolute Gasteiger partial charge is 0.230 e. The molecule has 102 valence electrons. The Balaban J connectivity index is 2.37. The van der Waals surface area contributed by atoms with E-state index in [-0.39, 0.29) is 11.8 Å². The third-order valence-corrected chi connectivity index (χ3v) is 5.02. The van der Waals surface area contributed by atoms with Crippen molar-refractivity contribution in [3.8, 4) is 6.07 Å². The fourth-order valence-electron chi connectivity index (χ4n) is 2.41. The maximum atomic E-state index is 11.6. The van der Waals surface area contributed by atoms with Gasteiger partial charge in [0.1, 0.15) is 0 Å². The van der Waals surface area contributed by atoms with Gasteiger partial charge in [-0.15, -0.1) is 11.8 Å². The minimum atomic E-state index is 0.108. The average Bonchev–Trinajstić information content (AvgIpc) is 2.42. The Morgan fingerprint density at radius 3 is 2.83 bits per heavy atom. The SMILES string of the molecule is CCCNC(=O)CSC1CC(CC)CCC1C#N. The molecule has 1 rings (SSSR count). The van der Waals surface area contributed by atoms with Crippen molar-refractivity contribution in [2.45, 2.75) is 51.2 Å². The van der Waals surface area contributed by atoms with Crippen LogP contribution in [0.1, 0.15) is 46.0 Å². The quantitative estimate of drug-likeness (QED) is 0.805. The molecular formula is C14H24N2OS. The largest absolute Gasteiger partial charge is 0.355 e. The minimum absolute atomic E-state index is 0.108. The van der Waals surface area contributed by atoms with Crippen LogP contribution in [0.5, 0.6) is 0 Å². The summed E-state index contributed by atoms with van der Waals surface area (Å²) in [5.74, 6) is 1.49. The van der Waals surface area contributed by atoms with Gasteiger partial charge in [-0.05, 0) is 31.6 Å². The van der Waals surface area contributed by atoms with Crippen LogP contribution in [0.25, 0.3) is 0 Å². The standard InChI is InChI=1S/C14H24N2OS/c1-3-7-16-14(17)10-18-13-8-11(4-2)5-6-12(13)9-15/h11-13H,3-8,10H2,1-2H3,(H,16,17). The molecular weight excluding hydrogens is 244 g/mol. The van der Waals surface area contributed by atoms with E-state index in [0.717, 1.165) is 31.7 Å². The van der Waals surface area contributed by atoms with E-state index in [1.807, 2.05) is 6.92 Å². The van der Waals surface area contributed by atoms with Gasteiger partial charge in [0, 0.05) is 11.8 Å². The monoisotopic (exact) mass is 268 g/mol. The molecule has 3 atom stereocenters. The molecule has 0 heterocycles. The Morgan fingerprint density at radius 2 is 2.22 bits per heavy atom. The van der Waals surface area contributed by atoms with Crippen molar-refractivity contribution in [2.24, 2.45) is 11.8 Å². The lowest BCUT2D eigenvalue weighted by molar-refractivity contribution is -0.118. The topological polar surface area (TPSA) is 52.9 Å². The van der Waals surface area contributed by atoms with Gasteiger partial charge in [0.05, 0.1) is 17.7 Å². The molecule has 1 fully saturated rings. The molecule has 0 aliphatic heterocycles. The number of carbonyl (C=O) groups is 1. The molecule has 0 spiro atoms. The Kier molecular flexibility index (Phi) is 7.19. The summed E-state index contributed by atoms with van der Waals surface area (Å²) in [6.07, 6.45) is 5.44. The fraction of sp³-hybridized carbons (Fsp3) is 0.857. The average molecular weight is 268 g/mol. The molecule has 4 heteroatoms. The zero-order valence-corrected chi connectivity index (χ0v) is 12.3. The molecule has 0 aromatic carbocycles. The maximum Gasteiger partial charge on any atom is 0.230 e. The van der Waals surface area contributed by atoms with Gasteiger partial charge in [-0.3, -0.25) is 4.79 Å². The number of nitrogens with one attached hydrogen (secondary N) is 1. The second-order valence-corrected chi connectivity index (χ2v) is 6.25. The molecule has 3 unspecified atom stereocenters. The number of hydrogen-bond donors (Lipinski definition) is 1. The summed E-state index contributed by atoms with van der Waals surface area (Å²) >= 11 is 1.67. The number of amides is 1. The van der Waals surface area contributed by atoms with E-state index in [1.165, 1.54) is 12.8 Å². The molecule has 0 aromatic rings. The van der Waals surface area contributed by atoms with Crippen LogP contribution in [-0.4, -0.2) is 23.5 Å². The number of carbonyl (C=O) groups excluding carboxylic acids is 1. The lowest BCUT2D eigenvalue weighted by Crippen LogP contribution is -2.30. The molecule has 0 radical (unpaired) electrons. The van der Waals surface area contributed by atoms with E-state index in [1.54, 1.807) is 11.8 Å². The first-order valence-electron chi connectivity index (χ1n) is 6.99. The number of hydrogen-bond acceptors (Lipinski definition) is 3. The van der Waals surface area contributed by atoms with E-state index in [4.69, 9.17) is 5.26 Å². The molecule has 1 aliphatic carbocycles. The van der Waals surface area contributed by atoms with Crippen molar-refractivity contribution in [3.63, 3.8) is 0 Å². The molecule has 1 saturated carbocycles. The fourth-order valence-corrected chi connectivity index (χ4v) is 3.72. The summed E-state index contributed by atoms with van der Waals surface area (Å²) in [6.45, 7) is 5.02. The summed E-state index contributed by atoms with van der Waals surface area (Å²) in [7, 11) is 0. The first-order chi connectivity index (χ1) is 8.71. The molecule has 1 aliphatic rings. The van der Waals surface area contributed by atoms with E-state index in [2.05, 4.69) is 18.3 Å². The number of nitrogens with zero attached hydrogens (tertiary/aromatic N) is 1. The van der Waals surface area contributed by atoms with Gasteiger partial charge in [0.15, 0.2) is 0 Å². The predicted molar refractivity (Wildman–Crippen MR) is 76.3 cm³/mol. The second-order valence-electron chi connectivity index (χ2n) is 5.02. The Labute approximate surface area is 115 Å². The van der Waals surface area contributed by atoms with Crippen molar-refractivity contribution in [2.75, 3.05) is 12.3 Å². The van der Waals surface area contributed by atoms with Crippen molar-refractivity contribution >= 4 is 17.7 Å². The molecule has 1 N–H and O–H groups in total. The highest BCUT2D eigenvalue weighted by atomic mass is 32.2. The molecule has 3 nitrogen and oxygen atoms in total. The van der Waals surface area contributed by atoms with Gasteiger partial charge in [0.25, 0.3) is 0 Å². The Bertz CT molecular complexity index is 301. The molecule has 0 aromatic heterocycles. The normalized spacial score (nSPS) is 27.5. The first-order valence-corrected chi connectivity index (χ1v) is 8.04. The highest BCUT2D eigenvalue weighted by Gasteiger charge is 2.30. The van der Waals surface area contributed by atoms with Crippen LogP contribution in [0.3, 0.4) is 0 Å². The van der Waals surface area contributed by atoms with Crippen LogP contribution in [0.4, 0.5) is 0 Å². The summed E-state index contributed by atoms with van der Waals surface area (Å²) in [4.78, 5) is 11.6. The summed E-state index contributed by atoms with van der Waals surface area (Å²) in [6, 6.07) is 2.41. The van der Waals surface area contributed by atoms with Crippen molar-refractivity contribution in [1.82, 2.24) is 5.32 Å². The first kappa shape index (κ1) is 15.4. The van der Waals surface area contributed by atoms with Gasteiger partial charge in [-0.25, -0.2) is 0 Å². The zero-order chi connectivity index (χ0) is 13.4. The summed E-state index contributed by atoms with van der Waals surface area (Å²) in [5, 5.41) is 12.4. The van der Waals surface area contributed by atoms with Gasteiger partial charge in [-0.2, -0.15) is 5.26 Å². The third kappa shape index (κ3) is 4.89. The van der Waals surface area contributed by atoms with Crippen LogP contribution in [0.2, 0.25) is 0 Å². The highest BCUT2D eigenvalue weighted by molar-refractivity contribution is 8.00.